The molecule has 0 aliphatic heterocycles. The minimum Gasteiger partial charge on any atom is -0.493 e. The summed E-state index contributed by atoms with van der Waals surface area (Å²) in [6.07, 6.45) is 2.68. The zero-order valence-corrected chi connectivity index (χ0v) is 26.5. The predicted octanol–water partition coefficient (Wildman–Crippen LogP) is 4.98. The van der Waals surface area contributed by atoms with E-state index in [0.29, 0.717) is 38.6 Å². The lowest BCUT2D eigenvalue weighted by molar-refractivity contribution is -0.113. The van der Waals surface area contributed by atoms with Gasteiger partial charge in [0.15, 0.2) is 22.5 Å². The third-order valence-electron chi connectivity index (χ3n) is 7.00. The zero-order chi connectivity index (χ0) is 31.2. The molecule has 0 radical (unpaired) electrons. The Bertz CT molecular complexity index is 1700. The molecule has 2 N–H and O–H groups in total. The molecule has 11 nitrogen and oxygen atoms in total. The van der Waals surface area contributed by atoms with Crippen LogP contribution in [0.15, 0.2) is 47.6 Å². The third-order valence-corrected chi connectivity index (χ3v) is 9.14. The van der Waals surface area contributed by atoms with Crippen molar-refractivity contribution in [1.82, 2.24) is 20.1 Å². The van der Waals surface area contributed by atoms with E-state index < -0.39 is 5.97 Å². The first-order valence-electron chi connectivity index (χ1n) is 14.1. The molecule has 1 aliphatic rings. The third kappa shape index (κ3) is 6.73. The maximum Gasteiger partial charge on any atom is 0.341 e. The predicted molar refractivity (Wildman–Crippen MR) is 168 cm³/mol. The molecule has 2 aromatic heterocycles. The Morgan fingerprint density at radius 3 is 2.61 bits per heavy atom. The molecule has 0 unspecified atom stereocenters. The molecule has 5 rings (SSSR count). The van der Waals surface area contributed by atoms with Crippen LogP contribution in [0.25, 0.3) is 5.69 Å². The second-order valence-electron chi connectivity index (χ2n) is 9.94. The highest BCUT2D eigenvalue weighted by Crippen LogP contribution is 2.39. The molecule has 2 heterocycles. The summed E-state index contributed by atoms with van der Waals surface area (Å²) in [6.45, 7) is 4.09. The topological polar surface area (TPSA) is 134 Å². The van der Waals surface area contributed by atoms with Crippen LogP contribution >= 0.6 is 23.1 Å². The lowest BCUT2D eigenvalue weighted by Gasteiger charge is -2.13. The number of anilines is 1. The normalized spacial score (nSPS) is 12.0. The second kappa shape index (κ2) is 14.0. The monoisotopic (exact) mass is 635 g/mol. The summed E-state index contributed by atoms with van der Waals surface area (Å²) in [5.74, 6) is 0.490. The Morgan fingerprint density at radius 1 is 1.05 bits per heavy atom. The molecule has 13 heteroatoms. The number of esters is 1. The van der Waals surface area contributed by atoms with Crippen molar-refractivity contribution < 1.29 is 28.6 Å². The Balaban J connectivity index is 1.32. The summed E-state index contributed by atoms with van der Waals surface area (Å²) in [5.41, 5.74) is 3.68. The van der Waals surface area contributed by atoms with E-state index in [1.165, 1.54) is 37.3 Å². The van der Waals surface area contributed by atoms with E-state index in [1.807, 2.05) is 35.8 Å². The number of ether oxygens (including phenoxy) is 3. The average molecular weight is 636 g/mol. The lowest BCUT2D eigenvalue weighted by atomic mass is 10.1. The van der Waals surface area contributed by atoms with Gasteiger partial charge >= 0.3 is 5.97 Å². The van der Waals surface area contributed by atoms with Crippen LogP contribution in [0.2, 0.25) is 0 Å². The number of amides is 2. The number of thioether (sulfide) groups is 1. The van der Waals surface area contributed by atoms with Crippen molar-refractivity contribution in [3.8, 4) is 17.2 Å². The van der Waals surface area contributed by atoms with E-state index in [2.05, 4.69) is 20.8 Å². The van der Waals surface area contributed by atoms with E-state index in [-0.39, 0.29) is 30.7 Å². The average Bonchev–Trinajstić information content (AvgIpc) is 3.73. The smallest absolute Gasteiger partial charge is 0.341 e. The van der Waals surface area contributed by atoms with Crippen LogP contribution in [0.4, 0.5) is 5.00 Å². The summed E-state index contributed by atoms with van der Waals surface area (Å²) in [4.78, 5) is 39.9. The molecule has 0 bridgehead atoms. The van der Waals surface area contributed by atoms with Gasteiger partial charge in [0.2, 0.25) is 5.91 Å². The number of hydrogen-bond donors (Lipinski definition) is 2. The van der Waals surface area contributed by atoms with Crippen molar-refractivity contribution >= 4 is 45.9 Å². The number of nitrogens with one attached hydrogen (secondary N) is 2. The van der Waals surface area contributed by atoms with Crippen molar-refractivity contribution in [1.29, 1.82) is 0 Å². The van der Waals surface area contributed by atoms with Crippen molar-refractivity contribution in [2.45, 2.75) is 44.8 Å². The highest BCUT2D eigenvalue weighted by Gasteiger charge is 2.28. The largest absolute Gasteiger partial charge is 0.493 e. The van der Waals surface area contributed by atoms with Crippen LogP contribution in [0, 0.1) is 6.92 Å². The van der Waals surface area contributed by atoms with Gasteiger partial charge in [0.1, 0.15) is 5.00 Å². The van der Waals surface area contributed by atoms with E-state index in [9.17, 15) is 14.4 Å². The maximum absolute atomic E-state index is 13.1. The Labute approximate surface area is 263 Å². The summed E-state index contributed by atoms with van der Waals surface area (Å²) in [5, 5.41) is 15.5. The number of aromatic nitrogens is 3. The van der Waals surface area contributed by atoms with Crippen molar-refractivity contribution in [2.75, 3.05) is 31.9 Å². The number of hydrogen-bond acceptors (Lipinski definition) is 10. The SMILES string of the molecule is CCOC(=O)c1c(NC(=O)CSc2nnc(CNC(=O)c3ccc(OC)c(OC)c3)n2-c2cccc(C)c2)sc2c1CCC2. The molecule has 0 spiro atoms. The molecule has 4 aromatic rings. The first-order valence-corrected chi connectivity index (χ1v) is 15.9. The van der Waals surface area contributed by atoms with Crippen LogP contribution in [-0.4, -0.2) is 59.1 Å². The van der Waals surface area contributed by atoms with Crippen molar-refractivity contribution in [2.24, 2.45) is 0 Å². The van der Waals surface area contributed by atoms with Crippen molar-refractivity contribution in [3.63, 3.8) is 0 Å². The van der Waals surface area contributed by atoms with Gasteiger partial charge in [-0.3, -0.25) is 14.2 Å². The van der Waals surface area contributed by atoms with Crippen LogP contribution in [0.1, 0.15) is 55.9 Å². The van der Waals surface area contributed by atoms with Gasteiger partial charge in [0.25, 0.3) is 5.91 Å². The number of carbonyl (C=O) groups excluding carboxylic acids is 3. The molecule has 230 valence electrons. The number of thiophene rings is 1. The summed E-state index contributed by atoms with van der Waals surface area (Å²) in [6, 6.07) is 12.7. The van der Waals surface area contributed by atoms with Crippen LogP contribution < -0.4 is 20.1 Å². The minimum atomic E-state index is -0.409. The van der Waals surface area contributed by atoms with Gasteiger partial charge in [-0.25, -0.2) is 4.79 Å². The van der Waals surface area contributed by atoms with Gasteiger partial charge in [-0.2, -0.15) is 0 Å². The van der Waals surface area contributed by atoms with Crippen LogP contribution in [-0.2, 0) is 28.9 Å². The molecule has 1 aliphatic carbocycles. The summed E-state index contributed by atoms with van der Waals surface area (Å²) < 4.78 is 17.7. The first kappa shape index (κ1) is 31.1. The maximum atomic E-state index is 13.1. The quantitative estimate of drug-likeness (QED) is 0.163. The van der Waals surface area contributed by atoms with E-state index in [4.69, 9.17) is 14.2 Å². The highest BCUT2D eigenvalue weighted by atomic mass is 32.2. The van der Waals surface area contributed by atoms with Gasteiger partial charge in [0, 0.05) is 16.1 Å². The lowest BCUT2D eigenvalue weighted by Crippen LogP contribution is -2.24. The van der Waals surface area contributed by atoms with Gasteiger partial charge in [-0.05, 0) is 74.6 Å². The van der Waals surface area contributed by atoms with Gasteiger partial charge in [0.05, 0.1) is 38.7 Å². The fourth-order valence-corrected chi connectivity index (χ4v) is 7.04. The van der Waals surface area contributed by atoms with E-state index in [1.54, 1.807) is 25.1 Å². The molecule has 2 aromatic carbocycles. The number of carbonyl (C=O) groups is 3. The highest BCUT2D eigenvalue weighted by molar-refractivity contribution is 7.99. The Kier molecular flexibility index (Phi) is 9.85. The van der Waals surface area contributed by atoms with E-state index in [0.717, 1.165) is 41.0 Å². The number of methoxy groups -OCH3 is 2. The Morgan fingerprint density at radius 2 is 1.86 bits per heavy atom. The molecule has 0 atom stereocenters. The number of rotatable bonds is 12. The molecular weight excluding hydrogens is 603 g/mol. The summed E-state index contributed by atoms with van der Waals surface area (Å²) >= 11 is 2.65. The summed E-state index contributed by atoms with van der Waals surface area (Å²) in [7, 11) is 3.04. The fraction of sp³-hybridized carbons (Fsp3) is 0.323. The van der Waals surface area contributed by atoms with Gasteiger partial charge in [-0.15, -0.1) is 21.5 Å². The van der Waals surface area contributed by atoms with Crippen molar-refractivity contribution in [3.05, 3.63) is 75.4 Å². The van der Waals surface area contributed by atoms with E-state index >= 15 is 0 Å². The molecule has 0 fully saturated rings. The molecule has 0 saturated carbocycles. The molecular formula is C31H33N5O6S2. The van der Waals surface area contributed by atoms with Gasteiger partial charge in [-0.1, -0.05) is 23.9 Å². The number of aryl methyl sites for hydroxylation is 2. The number of benzene rings is 2. The zero-order valence-electron chi connectivity index (χ0n) is 24.9. The fourth-order valence-electron chi connectivity index (χ4n) is 4.98. The standard InChI is InChI=1S/C31H33N5O6S2/c1-5-42-30(39)27-21-10-7-11-24(21)44-29(27)33-26(37)17-43-31-35-34-25(36(31)20-9-6-8-18(2)14-20)16-32-28(38)19-12-13-22(40-3)23(15-19)41-4/h6,8-9,12-15H,5,7,10-11,16-17H2,1-4H3,(H,32,38)(H,33,37). The first-order chi connectivity index (χ1) is 21.3. The minimum absolute atomic E-state index is 0.0345. The Hall–Kier alpha value is -4.36. The van der Waals surface area contributed by atoms with Crippen LogP contribution in [0.5, 0.6) is 11.5 Å². The molecule has 2 amide bonds. The molecule has 44 heavy (non-hydrogen) atoms. The number of fused-ring (bicyclic) bond motifs is 1. The van der Waals surface area contributed by atoms with Gasteiger partial charge < -0.3 is 24.8 Å². The second-order valence-corrected chi connectivity index (χ2v) is 12.0. The van der Waals surface area contributed by atoms with Crippen LogP contribution in [0.3, 0.4) is 0 Å². The molecule has 0 saturated heterocycles. The number of nitrogens with zero attached hydrogens (tertiary/aromatic N) is 3.